The Balaban J connectivity index is 1.71. The van der Waals surface area contributed by atoms with E-state index in [0.29, 0.717) is 9.93 Å². The zero-order valence-electron chi connectivity index (χ0n) is 12.3. The molecule has 2 aromatic rings. The first-order valence-electron chi connectivity index (χ1n) is 7.03. The summed E-state index contributed by atoms with van der Waals surface area (Å²) in [5.74, 6) is -0.293. The highest BCUT2D eigenvalue weighted by Gasteiger charge is 2.34. The molecule has 7 heteroatoms. The van der Waals surface area contributed by atoms with Gasteiger partial charge in [-0.25, -0.2) is 0 Å². The van der Waals surface area contributed by atoms with Crippen molar-refractivity contribution in [2.45, 2.75) is 0 Å². The molecule has 1 heterocycles. The van der Waals surface area contributed by atoms with E-state index in [1.165, 1.54) is 4.90 Å². The Labute approximate surface area is 162 Å². The van der Waals surface area contributed by atoms with Gasteiger partial charge in [-0.05, 0) is 76.3 Å². The number of benzene rings is 2. The first-order chi connectivity index (χ1) is 11.5. The van der Waals surface area contributed by atoms with Crippen LogP contribution in [0.5, 0.6) is 0 Å². The monoisotopic (exact) mass is 470 g/mol. The number of rotatable bonds is 4. The summed E-state index contributed by atoms with van der Waals surface area (Å²) in [6.45, 7) is 0.106. The first kappa shape index (κ1) is 17.3. The van der Waals surface area contributed by atoms with E-state index in [1.54, 1.807) is 24.3 Å². The maximum Gasteiger partial charge on any atom is 0.295 e. The van der Waals surface area contributed by atoms with E-state index in [0.717, 1.165) is 26.6 Å². The van der Waals surface area contributed by atoms with Crippen molar-refractivity contribution >= 4 is 68.9 Å². The predicted molar refractivity (Wildman–Crippen MR) is 107 cm³/mol. The molecule has 3 rings (SSSR count). The van der Waals surface area contributed by atoms with E-state index < -0.39 is 0 Å². The Bertz CT molecular complexity index is 824. The van der Waals surface area contributed by atoms with Gasteiger partial charge >= 0.3 is 0 Å². The highest BCUT2D eigenvalue weighted by atomic mass is 127. The van der Waals surface area contributed by atoms with Gasteiger partial charge < -0.3 is 5.32 Å². The van der Waals surface area contributed by atoms with Crippen LogP contribution in [0.3, 0.4) is 0 Å². The summed E-state index contributed by atoms with van der Waals surface area (Å²) in [7, 11) is 0. The van der Waals surface area contributed by atoms with Crippen molar-refractivity contribution < 1.29 is 9.59 Å². The smallest absolute Gasteiger partial charge is 0.295 e. The molecule has 2 amide bonds. The van der Waals surface area contributed by atoms with Crippen LogP contribution in [-0.4, -0.2) is 22.7 Å². The van der Waals surface area contributed by atoms with Crippen LogP contribution in [0.4, 0.5) is 10.5 Å². The number of carbonyl (C=O) groups excluding carboxylic acids is 2. The number of nitrogens with zero attached hydrogens (tertiary/aromatic N) is 1. The molecule has 0 saturated carbocycles. The number of halogens is 2. The molecule has 1 aliphatic rings. The van der Waals surface area contributed by atoms with E-state index in [1.807, 2.05) is 30.3 Å². The summed E-state index contributed by atoms with van der Waals surface area (Å²) in [6, 6.07) is 14.9. The van der Waals surface area contributed by atoms with Gasteiger partial charge in [0.05, 0.1) is 11.6 Å². The number of nitrogens with one attached hydrogen (secondary N) is 1. The van der Waals surface area contributed by atoms with Crippen molar-refractivity contribution in [3.8, 4) is 0 Å². The van der Waals surface area contributed by atoms with Gasteiger partial charge in [0.1, 0.15) is 0 Å². The number of hydrogen-bond acceptors (Lipinski definition) is 4. The fourth-order valence-electron chi connectivity index (χ4n) is 2.12. The zero-order valence-corrected chi connectivity index (χ0v) is 16.1. The second kappa shape index (κ2) is 7.58. The molecule has 122 valence electrons. The van der Waals surface area contributed by atoms with E-state index >= 15 is 0 Å². The molecule has 1 fully saturated rings. The maximum atomic E-state index is 12.4. The molecule has 1 aliphatic heterocycles. The van der Waals surface area contributed by atoms with E-state index in [4.69, 9.17) is 11.6 Å². The summed E-state index contributed by atoms with van der Waals surface area (Å²) < 4.78 is 1.11. The summed E-state index contributed by atoms with van der Waals surface area (Å²) in [4.78, 5) is 26.1. The van der Waals surface area contributed by atoms with Crippen molar-refractivity contribution in [2.24, 2.45) is 0 Å². The molecule has 1 saturated heterocycles. The third-order valence-electron chi connectivity index (χ3n) is 3.31. The number of amides is 2. The predicted octanol–water partition coefficient (Wildman–Crippen LogP) is 5.05. The highest BCUT2D eigenvalue weighted by molar-refractivity contribution is 14.1. The lowest BCUT2D eigenvalue weighted by Crippen LogP contribution is -2.33. The quantitative estimate of drug-likeness (QED) is 0.502. The van der Waals surface area contributed by atoms with Crippen molar-refractivity contribution in [3.05, 3.63) is 67.6 Å². The molecule has 0 radical (unpaired) electrons. The van der Waals surface area contributed by atoms with E-state index in [9.17, 15) is 9.59 Å². The normalized spacial score (nSPS) is 16.1. The lowest BCUT2D eigenvalue weighted by Gasteiger charge is -2.14. The van der Waals surface area contributed by atoms with Gasteiger partial charge in [-0.15, -0.1) is 0 Å². The third kappa shape index (κ3) is 4.12. The molecule has 0 bridgehead atoms. The Morgan fingerprint density at radius 1 is 1.17 bits per heavy atom. The van der Waals surface area contributed by atoms with E-state index in [2.05, 4.69) is 27.9 Å². The fourth-order valence-corrected chi connectivity index (χ4v) is 3.50. The summed E-state index contributed by atoms with van der Waals surface area (Å²) in [6.07, 6.45) is 1.74. The van der Waals surface area contributed by atoms with Gasteiger partial charge in [-0.3, -0.25) is 14.5 Å². The van der Waals surface area contributed by atoms with Crippen LogP contribution < -0.4 is 5.32 Å². The van der Waals surface area contributed by atoms with Crippen LogP contribution in [0.2, 0.25) is 5.02 Å². The van der Waals surface area contributed by atoms with Crippen molar-refractivity contribution in [3.63, 3.8) is 0 Å². The topological polar surface area (TPSA) is 49.4 Å². The molecular weight excluding hydrogens is 459 g/mol. The molecule has 4 nitrogen and oxygen atoms in total. The van der Waals surface area contributed by atoms with E-state index in [-0.39, 0.29) is 17.8 Å². The van der Waals surface area contributed by atoms with Gasteiger partial charge in [0, 0.05) is 14.3 Å². The minimum Gasteiger partial charge on any atom is -0.367 e. The lowest BCUT2D eigenvalue weighted by atomic mass is 10.2. The first-order valence-corrected chi connectivity index (χ1v) is 9.30. The molecule has 0 aromatic heterocycles. The van der Waals surface area contributed by atoms with Crippen LogP contribution in [0.15, 0.2) is 53.4 Å². The summed E-state index contributed by atoms with van der Waals surface area (Å²) in [5.41, 5.74) is 1.65. The number of thioether (sulfide) groups is 1. The Morgan fingerprint density at radius 2 is 1.92 bits per heavy atom. The average Bonchev–Trinajstić information content (AvgIpc) is 2.82. The third-order valence-corrected chi connectivity index (χ3v) is 5.17. The number of anilines is 1. The van der Waals surface area contributed by atoms with Gasteiger partial charge in [0.15, 0.2) is 0 Å². The van der Waals surface area contributed by atoms with Crippen molar-refractivity contribution in [1.82, 2.24) is 4.90 Å². The molecule has 0 aliphatic carbocycles. The highest BCUT2D eigenvalue weighted by Crippen LogP contribution is 2.32. The molecular formula is C17H12ClIN2O2S. The minimum atomic E-state index is -0.293. The standard InChI is InChI=1S/C17H12ClIN2O2S/c18-12-2-1-3-14(9-12)20-10-21-16(22)15(24-17(21)23)8-11-4-6-13(19)7-5-11/h1-9,20H,10H2. The minimum absolute atomic E-state index is 0.106. The van der Waals surface area contributed by atoms with Crippen LogP contribution in [0.25, 0.3) is 6.08 Å². The van der Waals surface area contributed by atoms with Crippen molar-refractivity contribution in [1.29, 1.82) is 0 Å². The summed E-state index contributed by atoms with van der Waals surface area (Å²) >= 11 is 9.09. The zero-order chi connectivity index (χ0) is 17.1. The lowest BCUT2D eigenvalue weighted by molar-refractivity contribution is -0.122. The second-order valence-electron chi connectivity index (χ2n) is 5.01. The molecule has 24 heavy (non-hydrogen) atoms. The largest absolute Gasteiger partial charge is 0.367 e. The average molecular weight is 471 g/mol. The molecule has 1 N–H and O–H groups in total. The molecule has 0 unspecified atom stereocenters. The molecule has 0 atom stereocenters. The van der Waals surface area contributed by atoms with Gasteiger partial charge in [0.2, 0.25) is 0 Å². The van der Waals surface area contributed by atoms with Crippen LogP contribution >= 0.6 is 46.0 Å². The SMILES string of the molecule is O=C1SC(=Cc2ccc(I)cc2)C(=O)N1CNc1cccc(Cl)c1. The second-order valence-corrected chi connectivity index (χ2v) is 7.68. The number of imide groups is 1. The number of hydrogen-bond donors (Lipinski definition) is 1. The molecule has 2 aromatic carbocycles. The van der Waals surface area contributed by atoms with Gasteiger partial charge in [0.25, 0.3) is 11.1 Å². The Morgan fingerprint density at radius 3 is 2.62 bits per heavy atom. The maximum absolute atomic E-state index is 12.4. The van der Waals surface area contributed by atoms with Crippen molar-refractivity contribution in [2.75, 3.05) is 12.0 Å². The van der Waals surface area contributed by atoms with Crippen LogP contribution in [0.1, 0.15) is 5.56 Å². The Kier molecular flexibility index (Phi) is 5.47. The number of carbonyl (C=O) groups is 2. The fraction of sp³-hybridized carbons (Fsp3) is 0.0588. The Hall–Kier alpha value is -1.51. The van der Waals surface area contributed by atoms with Crippen LogP contribution in [-0.2, 0) is 4.79 Å². The summed E-state index contributed by atoms with van der Waals surface area (Å²) in [5, 5.41) is 3.34. The van der Waals surface area contributed by atoms with Gasteiger partial charge in [-0.1, -0.05) is 29.8 Å². The molecule has 0 spiro atoms. The van der Waals surface area contributed by atoms with Gasteiger partial charge in [-0.2, -0.15) is 0 Å². The van der Waals surface area contributed by atoms with Crippen LogP contribution in [0, 0.1) is 3.57 Å².